The Labute approximate surface area is 168 Å². The predicted molar refractivity (Wildman–Crippen MR) is 106 cm³/mol. The lowest BCUT2D eigenvalue weighted by Gasteiger charge is -2.21. The number of hydrogen-bond donors (Lipinski definition) is 1. The first-order chi connectivity index (χ1) is 14.0. The zero-order chi connectivity index (χ0) is 20.4. The Balaban J connectivity index is 1.33. The van der Waals surface area contributed by atoms with Crippen molar-refractivity contribution < 1.29 is 28.5 Å². The van der Waals surface area contributed by atoms with Gasteiger partial charge in [-0.1, -0.05) is 6.07 Å². The number of carbonyl (C=O) groups is 2. The number of amides is 1. The molecular weight excluding hydrogens is 374 g/mol. The molecule has 0 aromatic heterocycles. The number of aryl methyl sites for hydroxylation is 1. The first-order valence-corrected chi connectivity index (χ1v) is 9.62. The Morgan fingerprint density at radius 1 is 1.07 bits per heavy atom. The van der Waals surface area contributed by atoms with E-state index in [0.717, 1.165) is 31.2 Å². The minimum absolute atomic E-state index is 0.324. The third-order valence-electron chi connectivity index (χ3n) is 5.16. The monoisotopic (exact) mass is 397 g/mol. The summed E-state index contributed by atoms with van der Waals surface area (Å²) in [5.41, 5.74) is 1.79. The van der Waals surface area contributed by atoms with Crippen LogP contribution in [0.3, 0.4) is 0 Å². The maximum absolute atomic E-state index is 12.2. The highest BCUT2D eigenvalue weighted by Crippen LogP contribution is 2.47. The van der Waals surface area contributed by atoms with Crippen molar-refractivity contribution in [2.45, 2.75) is 38.4 Å². The number of anilines is 1. The number of carbonyl (C=O) groups excluding carboxylic acids is 2. The summed E-state index contributed by atoms with van der Waals surface area (Å²) in [7, 11) is 1.53. The molecule has 0 bridgehead atoms. The quantitative estimate of drug-likeness (QED) is 0.772. The van der Waals surface area contributed by atoms with Gasteiger partial charge in [0.1, 0.15) is 5.75 Å². The molecule has 1 saturated carbocycles. The normalized spacial score (nSPS) is 15.9. The lowest BCUT2D eigenvalue weighted by Crippen LogP contribution is -2.34. The van der Waals surface area contributed by atoms with Gasteiger partial charge in [0.15, 0.2) is 18.1 Å². The van der Waals surface area contributed by atoms with E-state index in [2.05, 4.69) is 5.32 Å². The van der Waals surface area contributed by atoms with Crippen molar-refractivity contribution in [2.75, 3.05) is 19.0 Å². The molecule has 4 rings (SSSR count). The van der Waals surface area contributed by atoms with E-state index < -0.39 is 24.3 Å². The van der Waals surface area contributed by atoms with Crippen molar-refractivity contribution in [1.29, 1.82) is 0 Å². The van der Waals surface area contributed by atoms with Crippen molar-refractivity contribution in [3.05, 3.63) is 47.5 Å². The van der Waals surface area contributed by atoms with Crippen LogP contribution in [0.2, 0.25) is 0 Å². The van der Waals surface area contributed by atoms with Gasteiger partial charge in [-0.25, -0.2) is 4.79 Å². The summed E-state index contributed by atoms with van der Waals surface area (Å²) in [6.07, 6.45) is 3.89. The van der Waals surface area contributed by atoms with E-state index in [-0.39, 0.29) is 0 Å². The smallest absolute Gasteiger partial charge is 0.338 e. The summed E-state index contributed by atoms with van der Waals surface area (Å²) in [6, 6.07) is 10.2. The summed E-state index contributed by atoms with van der Waals surface area (Å²) < 4.78 is 22.3. The SMILES string of the molecule is COc1cc(C(=O)OCC(=O)Nc2ccc3c(c2)OC2(CCCC2)O3)ccc1C. The first kappa shape index (κ1) is 19.1. The molecule has 0 saturated heterocycles. The second-order valence-corrected chi connectivity index (χ2v) is 7.29. The van der Waals surface area contributed by atoms with Crippen LogP contribution in [0.15, 0.2) is 36.4 Å². The predicted octanol–water partition coefficient (Wildman–Crippen LogP) is 3.84. The number of esters is 1. The molecule has 1 spiro atoms. The van der Waals surface area contributed by atoms with Crippen LogP contribution < -0.4 is 19.5 Å². The van der Waals surface area contributed by atoms with Crippen LogP contribution in [0.4, 0.5) is 5.69 Å². The molecule has 1 fully saturated rings. The highest BCUT2D eigenvalue weighted by molar-refractivity contribution is 5.95. The van der Waals surface area contributed by atoms with Crippen LogP contribution in [-0.4, -0.2) is 31.4 Å². The molecule has 1 aliphatic heterocycles. The molecule has 1 aliphatic carbocycles. The maximum atomic E-state index is 12.2. The summed E-state index contributed by atoms with van der Waals surface area (Å²) in [5.74, 6) is 0.317. The molecule has 0 atom stereocenters. The van der Waals surface area contributed by atoms with Gasteiger partial charge in [-0.2, -0.15) is 0 Å². The molecular formula is C22H23NO6. The van der Waals surface area contributed by atoms with Crippen LogP contribution in [0, 0.1) is 6.92 Å². The fourth-order valence-corrected chi connectivity index (χ4v) is 3.65. The molecule has 1 amide bonds. The van der Waals surface area contributed by atoms with E-state index >= 15 is 0 Å². The number of ether oxygens (including phenoxy) is 4. The van der Waals surface area contributed by atoms with Crippen molar-refractivity contribution in [3.63, 3.8) is 0 Å². The first-order valence-electron chi connectivity index (χ1n) is 9.62. The Bertz CT molecular complexity index is 948. The number of benzene rings is 2. The summed E-state index contributed by atoms with van der Waals surface area (Å²) in [6.45, 7) is 1.48. The van der Waals surface area contributed by atoms with Crippen molar-refractivity contribution >= 4 is 17.6 Å². The minimum Gasteiger partial charge on any atom is -0.496 e. The van der Waals surface area contributed by atoms with Gasteiger partial charge in [-0.15, -0.1) is 0 Å². The topological polar surface area (TPSA) is 83.1 Å². The lowest BCUT2D eigenvalue weighted by molar-refractivity contribution is -0.119. The second-order valence-electron chi connectivity index (χ2n) is 7.29. The number of fused-ring (bicyclic) bond motifs is 1. The highest BCUT2D eigenvalue weighted by Gasteiger charge is 2.44. The van der Waals surface area contributed by atoms with E-state index in [9.17, 15) is 9.59 Å². The highest BCUT2D eigenvalue weighted by atomic mass is 16.7. The molecule has 7 heteroatoms. The van der Waals surface area contributed by atoms with Gasteiger partial charge in [-0.05, 0) is 49.6 Å². The molecule has 29 heavy (non-hydrogen) atoms. The van der Waals surface area contributed by atoms with E-state index in [4.69, 9.17) is 18.9 Å². The van der Waals surface area contributed by atoms with Crippen LogP contribution in [0.1, 0.15) is 41.6 Å². The molecule has 1 N–H and O–H groups in total. The molecule has 2 aliphatic rings. The Morgan fingerprint density at radius 3 is 2.59 bits per heavy atom. The summed E-state index contributed by atoms with van der Waals surface area (Å²) in [4.78, 5) is 24.4. The summed E-state index contributed by atoms with van der Waals surface area (Å²) in [5, 5.41) is 2.71. The lowest BCUT2D eigenvalue weighted by atomic mass is 10.1. The third-order valence-corrected chi connectivity index (χ3v) is 5.16. The maximum Gasteiger partial charge on any atom is 0.338 e. The van der Waals surface area contributed by atoms with Gasteiger partial charge in [0.2, 0.25) is 0 Å². The molecule has 0 unspecified atom stereocenters. The van der Waals surface area contributed by atoms with Gasteiger partial charge >= 0.3 is 5.97 Å². The average Bonchev–Trinajstić information content (AvgIpc) is 3.32. The van der Waals surface area contributed by atoms with E-state index in [1.807, 2.05) is 6.92 Å². The van der Waals surface area contributed by atoms with Gasteiger partial charge in [0, 0.05) is 24.6 Å². The van der Waals surface area contributed by atoms with Gasteiger partial charge in [-0.3, -0.25) is 4.79 Å². The fourth-order valence-electron chi connectivity index (χ4n) is 3.65. The Morgan fingerprint density at radius 2 is 1.83 bits per heavy atom. The Kier molecular flexibility index (Phi) is 5.05. The zero-order valence-electron chi connectivity index (χ0n) is 16.4. The van der Waals surface area contributed by atoms with Crippen molar-refractivity contribution in [3.8, 4) is 17.2 Å². The molecule has 2 aromatic carbocycles. The van der Waals surface area contributed by atoms with Crippen LogP contribution >= 0.6 is 0 Å². The standard InChI is InChI=1S/C22H23NO6/c1-14-5-6-15(11-18(14)26-2)21(25)27-13-20(24)23-16-7-8-17-19(12-16)29-22(28-17)9-3-4-10-22/h5-8,11-12H,3-4,9-10,13H2,1-2H3,(H,23,24). The van der Waals surface area contributed by atoms with Crippen LogP contribution in [-0.2, 0) is 9.53 Å². The zero-order valence-corrected chi connectivity index (χ0v) is 16.4. The second kappa shape index (κ2) is 7.66. The van der Waals surface area contributed by atoms with Crippen molar-refractivity contribution in [2.24, 2.45) is 0 Å². The molecule has 2 aromatic rings. The molecule has 152 valence electrons. The molecule has 1 heterocycles. The van der Waals surface area contributed by atoms with E-state index in [0.29, 0.717) is 28.5 Å². The van der Waals surface area contributed by atoms with Gasteiger partial charge in [0.25, 0.3) is 11.7 Å². The third kappa shape index (κ3) is 3.99. The fraction of sp³-hybridized carbons (Fsp3) is 0.364. The molecule has 7 nitrogen and oxygen atoms in total. The van der Waals surface area contributed by atoms with E-state index in [1.54, 1.807) is 36.4 Å². The van der Waals surface area contributed by atoms with Crippen molar-refractivity contribution in [1.82, 2.24) is 0 Å². The van der Waals surface area contributed by atoms with E-state index in [1.165, 1.54) is 7.11 Å². The number of nitrogens with one attached hydrogen (secondary N) is 1. The largest absolute Gasteiger partial charge is 0.496 e. The number of rotatable bonds is 5. The van der Waals surface area contributed by atoms with Gasteiger partial charge < -0.3 is 24.3 Å². The average molecular weight is 397 g/mol. The minimum atomic E-state index is -0.590. The van der Waals surface area contributed by atoms with Crippen LogP contribution in [0.5, 0.6) is 17.2 Å². The summed E-state index contributed by atoms with van der Waals surface area (Å²) >= 11 is 0. The van der Waals surface area contributed by atoms with Gasteiger partial charge in [0.05, 0.1) is 12.7 Å². The molecule has 0 radical (unpaired) electrons. The number of methoxy groups -OCH3 is 1. The van der Waals surface area contributed by atoms with Crippen LogP contribution in [0.25, 0.3) is 0 Å². The Hall–Kier alpha value is -3.22. The number of hydrogen-bond acceptors (Lipinski definition) is 6.